The predicted octanol–water partition coefficient (Wildman–Crippen LogP) is 5.34. The molecule has 0 saturated heterocycles. The molecule has 0 aromatic heterocycles. The lowest BCUT2D eigenvalue weighted by Crippen LogP contribution is -2.35. The molecule has 8 heteroatoms. The summed E-state index contributed by atoms with van der Waals surface area (Å²) in [7, 11) is 0. The Morgan fingerprint density at radius 2 is 1.81 bits per heavy atom. The van der Waals surface area contributed by atoms with E-state index in [0.29, 0.717) is 23.4 Å². The Morgan fingerprint density at radius 1 is 1.08 bits per heavy atom. The third-order valence-electron chi connectivity index (χ3n) is 6.50. The number of hydrogen-bond donors (Lipinski definition) is 2. The molecule has 8 nitrogen and oxygen atoms in total. The van der Waals surface area contributed by atoms with Crippen molar-refractivity contribution in [1.29, 1.82) is 0 Å². The van der Waals surface area contributed by atoms with Gasteiger partial charge in [0.05, 0.1) is 10.5 Å². The van der Waals surface area contributed by atoms with Crippen molar-refractivity contribution in [3.05, 3.63) is 105 Å². The number of rotatable bonds is 8. The highest BCUT2D eigenvalue weighted by atomic mass is 16.6. The van der Waals surface area contributed by atoms with Crippen molar-refractivity contribution in [3.63, 3.8) is 0 Å². The fourth-order valence-corrected chi connectivity index (χ4v) is 4.24. The Kier molecular flexibility index (Phi) is 7.98. The van der Waals surface area contributed by atoms with Crippen LogP contribution in [0.25, 0.3) is 6.08 Å². The van der Waals surface area contributed by atoms with Gasteiger partial charge in [-0.3, -0.25) is 19.7 Å². The maximum Gasteiger partial charge on any atom is 0.269 e. The van der Waals surface area contributed by atoms with Crippen LogP contribution in [0, 0.1) is 10.1 Å². The molecule has 0 saturated carbocycles. The summed E-state index contributed by atoms with van der Waals surface area (Å²) in [6, 6.07) is 19.7. The number of hydrogen-bond acceptors (Lipinski definition) is 5. The lowest BCUT2D eigenvalue weighted by atomic mass is 9.98. The van der Waals surface area contributed by atoms with Gasteiger partial charge in [0.1, 0.15) is 0 Å². The van der Waals surface area contributed by atoms with E-state index in [-0.39, 0.29) is 23.5 Å². The van der Waals surface area contributed by atoms with E-state index in [4.69, 9.17) is 0 Å². The van der Waals surface area contributed by atoms with Crippen molar-refractivity contribution in [2.24, 2.45) is 0 Å². The highest BCUT2D eigenvalue weighted by Crippen LogP contribution is 2.30. The monoisotopic (exact) mass is 498 g/mol. The van der Waals surface area contributed by atoms with Crippen LogP contribution < -0.4 is 15.5 Å². The van der Waals surface area contributed by atoms with Crippen molar-refractivity contribution in [3.8, 4) is 0 Å². The Hall–Kier alpha value is -4.46. The van der Waals surface area contributed by atoms with Crippen LogP contribution in [0.2, 0.25) is 0 Å². The van der Waals surface area contributed by atoms with Crippen LogP contribution >= 0.6 is 0 Å². The SMILES string of the molecule is CCC(C)NC(=O)c1cc(NC(=O)C=Cc2ccc([N+](=O)[O-])cc2)ccc1N1CCc2ccccc2C1. The molecule has 0 aliphatic carbocycles. The van der Waals surface area contributed by atoms with Gasteiger partial charge >= 0.3 is 0 Å². The summed E-state index contributed by atoms with van der Waals surface area (Å²) >= 11 is 0. The molecule has 1 atom stereocenters. The number of fused-ring (bicyclic) bond motifs is 1. The third-order valence-corrected chi connectivity index (χ3v) is 6.50. The standard InChI is InChI=1S/C29H30N4O4/c1-3-20(2)30-29(35)26-18-24(31-28(34)15-10-21-8-12-25(13-9-21)33(36)37)11-14-27(26)32-17-16-22-6-4-5-7-23(22)19-32/h4-15,18,20H,3,16-17,19H2,1-2H3,(H,30,35)(H,31,34). The van der Waals surface area contributed by atoms with Gasteiger partial charge in [-0.05, 0) is 72.9 Å². The molecule has 1 unspecified atom stereocenters. The van der Waals surface area contributed by atoms with E-state index in [0.717, 1.165) is 25.1 Å². The zero-order chi connectivity index (χ0) is 26.4. The van der Waals surface area contributed by atoms with Gasteiger partial charge in [-0.1, -0.05) is 31.2 Å². The van der Waals surface area contributed by atoms with Gasteiger partial charge < -0.3 is 15.5 Å². The lowest BCUT2D eigenvalue weighted by molar-refractivity contribution is -0.384. The van der Waals surface area contributed by atoms with Crippen molar-refractivity contribution in [2.75, 3.05) is 16.8 Å². The number of non-ortho nitro benzene ring substituents is 1. The smallest absolute Gasteiger partial charge is 0.269 e. The third kappa shape index (κ3) is 6.41. The van der Waals surface area contributed by atoms with Gasteiger partial charge in [-0.25, -0.2) is 0 Å². The second-order valence-corrected chi connectivity index (χ2v) is 9.13. The zero-order valence-corrected chi connectivity index (χ0v) is 20.9. The Bertz CT molecular complexity index is 1330. The molecule has 2 amide bonds. The second-order valence-electron chi connectivity index (χ2n) is 9.13. The number of nitrogens with zero attached hydrogens (tertiary/aromatic N) is 2. The van der Waals surface area contributed by atoms with Crippen molar-refractivity contribution >= 4 is 35.0 Å². The summed E-state index contributed by atoms with van der Waals surface area (Å²) in [5, 5.41) is 16.7. The number of carbonyl (C=O) groups excluding carboxylic acids is 2. The van der Waals surface area contributed by atoms with E-state index in [9.17, 15) is 19.7 Å². The molecule has 3 aromatic carbocycles. The number of carbonyl (C=O) groups is 2. The minimum atomic E-state index is -0.471. The molecule has 190 valence electrons. The fraction of sp³-hybridized carbons (Fsp3) is 0.241. The van der Waals surface area contributed by atoms with E-state index < -0.39 is 4.92 Å². The van der Waals surface area contributed by atoms with E-state index in [1.807, 2.05) is 32.0 Å². The summed E-state index contributed by atoms with van der Waals surface area (Å²) in [6.07, 6.45) is 4.64. The quantitative estimate of drug-likeness (QED) is 0.248. The molecular formula is C29H30N4O4. The van der Waals surface area contributed by atoms with E-state index in [1.54, 1.807) is 30.3 Å². The first-order valence-electron chi connectivity index (χ1n) is 12.3. The average Bonchev–Trinajstić information content (AvgIpc) is 2.91. The Balaban J connectivity index is 1.54. The highest BCUT2D eigenvalue weighted by Gasteiger charge is 2.22. The largest absolute Gasteiger partial charge is 0.366 e. The highest BCUT2D eigenvalue weighted by molar-refractivity contribution is 6.05. The minimum Gasteiger partial charge on any atom is -0.366 e. The zero-order valence-electron chi connectivity index (χ0n) is 20.9. The number of nitrogens with one attached hydrogen (secondary N) is 2. The van der Waals surface area contributed by atoms with Gasteiger partial charge in [-0.15, -0.1) is 0 Å². The topological polar surface area (TPSA) is 105 Å². The van der Waals surface area contributed by atoms with Crippen LogP contribution in [0.1, 0.15) is 47.3 Å². The maximum absolute atomic E-state index is 13.2. The number of benzene rings is 3. The minimum absolute atomic E-state index is 0.0120. The van der Waals surface area contributed by atoms with Gasteiger partial charge in [-0.2, -0.15) is 0 Å². The van der Waals surface area contributed by atoms with E-state index in [2.05, 4.69) is 27.7 Å². The summed E-state index contributed by atoms with van der Waals surface area (Å²) in [5.74, 6) is -0.549. The van der Waals surface area contributed by atoms with E-state index in [1.165, 1.54) is 29.3 Å². The summed E-state index contributed by atoms with van der Waals surface area (Å²) in [6.45, 7) is 5.48. The molecule has 1 aliphatic rings. The van der Waals surface area contributed by atoms with Gasteiger partial charge in [0.25, 0.3) is 11.6 Å². The second kappa shape index (κ2) is 11.5. The molecule has 3 aromatic rings. The molecule has 1 heterocycles. The lowest BCUT2D eigenvalue weighted by Gasteiger charge is -2.32. The normalized spacial score (nSPS) is 13.6. The molecule has 0 fully saturated rings. The Labute approximate surface area is 216 Å². The number of nitro benzene ring substituents is 1. The van der Waals surface area contributed by atoms with Gasteiger partial charge in [0.2, 0.25) is 5.91 Å². The van der Waals surface area contributed by atoms with Crippen LogP contribution in [-0.4, -0.2) is 29.3 Å². The van der Waals surface area contributed by atoms with Gasteiger partial charge in [0, 0.05) is 48.7 Å². The number of amides is 2. The van der Waals surface area contributed by atoms with Crippen molar-refractivity contribution < 1.29 is 14.5 Å². The number of anilines is 2. The van der Waals surface area contributed by atoms with Crippen LogP contribution in [0.5, 0.6) is 0 Å². The average molecular weight is 499 g/mol. The first kappa shape index (κ1) is 25.6. The van der Waals surface area contributed by atoms with Crippen molar-refractivity contribution in [1.82, 2.24) is 5.32 Å². The molecular weight excluding hydrogens is 468 g/mol. The van der Waals surface area contributed by atoms with Crippen LogP contribution in [0.3, 0.4) is 0 Å². The molecule has 2 N–H and O–H groups in total. The molecule has 37 heavy (non-hydrogen) atoms. The predicted molar refractivity (Wildman–Crippen MR) is 146 cm³/mol. The molecule has 0 radical (unpaired) electrons. The van der Waals surface area contributed by atoms with E-state index >= 15 is 0 Å². The van der Waals surface area contributed by atoms with Crippen LogP contribution in [-0.2, 0) is 17.8 Å². The fourth-order valence-electron chi connectivity index (χ4n) is 4.24. The summed E-state index contributed by atoms with van der Waals surface area (Å²) in [4.78, 5) is 38.3. The first-order chi connectivity index (χ1) is 17.8. The summed E-state index contributed by atoms with van der Waals surface area (Å²) in [5.41, 5.74) is 5.07. The molecule has 0 bridgehead atoms. The van der Waals surface area contributed by atoms with Crippen LogP contribution in [0.15, 0.2) is 72.8 Å². The first-order valence-corrected chi connectivity index (χ1v) is 12.3. The van der Waals surface area contributed by atoms with Crippen molar-refractivity contribution in [2.45, 2.75) is 39.3 Å². The molecule has 4 rings (SSSR count). The number of nitro groups is 1. The maximum atomic E-state index is 13.2. The summed E-state index contributed by atoms with van der Waals surface area (Å²) < 4.78 is 0. The molecule has 0 spiro atoms. The Morgan fingerprint density at radius 3 is 2.51 bits per heavy atom. The molecule has 1 aliphatic heterocycles. The van der Waals surface area contributed by atoms with Crippen LogP contribution in [0.4, 0.5) is 17.1 Å². The van der Waals surface area contributed by atoms with Gasteiger partial charge in [0.15, 0.2) is 0 Å².